The van der Waals surface area contributed by atoms with Crippen LogP contribution in [0, 0.1) is 5.82 Å². The molecule has 2 N–H and O–H groups in total. The maximum atomic E-state index is 13.7. The number of hydrogen-bond acceptors (Lipinski definition) is 3. The predicted molar refractivity (Wildman–Crippen MR) is 62.0 cm³/mol. The first-order valence-corrected chi connectivity index (χ1v) is 5.56. The highest BCUT2D eigenvalue weighted by atomic mass is 19.1. The van der Waals surface area contributed by atoms with Gasteiger partial charge in [-0.05, 0) is 19.1 Å². The minimum atomic E-state index is -0.265. The molecule has 0 bridgehead atoms. The van der Waals surface area contributed by atoms with E-state index in [-0.39, 0.29) is 11.9 Å². The number of rotatable bonds is 2. The Hall–Kier alpha value is -1.13. The summed E-state index contributed by atoms with van der Waals surface area (Å²) >= 11 is 0. The summed E-state index contributed by atoms with van der Waals surface area (Å²) in [5.74, 6) is -0.223. The molecule has 0 aromatic heterocycles. The number of hydrogen-bond donors (Lipinski definition) is 1. The van der Waals surface area contributed by atoms with E-state index in [1.807, 2.05) is 6.07 Å². The molecule has 2 rings (SSSR count). The Labute approximate surface area is 95.0 Å². The lowest BCUT2D eigenvalue weighted by atomic mass is 10.1. The van der Waals surface area contributed by atoms with Crippen molar-refractivity contribution in [3.8, 4) is 0 Å². The van der Waals surface area contributed by atoms with Crippen molar-refractivity contribution in [1.82, 2.24) is 0 Å². The molecular formula is C12H17FN2O. The Morgan fingerprint density at radius 1 is 1.38 bits per heavy atom. The second-order valence-electron chi connectivity index (χ2n) is 4.09. The van der Waals surface area contributed by atoms with Crippen LogP contribution in [0.2, 0.25) is 0 Å². The van der Waals surface area contributed by atoms with Crippen LogP contribution in [0.1, 0.15) is 18.5 Å². The van der Waals surface area contributed by atoms with Gasteiger partial charge in [-0.15, -0.1) is 0 Å². The van der Waals surface area contributed by atoms with Crippen molar-refractivity contribution in [3.63, 3.8) is 0 Å². The fourth-order valence-electron chi connectivity index (χ4n) is 1.90. The monoisotopic (exact) mass is 224 g/mol. The van der Waals surface area contributed by atoms with Crippen LogP contribution >= 0.6 is 0 Å². The third kappa shape index (κ3) is 2.33. The molecule has 0 saturated carbocycles. The summed E-state index contributed by atoms with van der Waals surface area (Å²) in [5.41, 5.74) is 7.14. The summed E-state index contributed by atoms with van der Waals surface area (Å²) in [6, 6.07) is 4.99. The molecule has 0 amide bonds. The number of nitrogens with zero attached hydrogens (tertiary/aromatic N) is 1. The Bertz CT molecular complexity index is 362. The van der Waals surface area contributed by atoms with Crippen LogP contribution in [-0.2, 0) is 4.74 Å². The van der Waals surface area contributed by atoms with E-state index in [0.29, 0.717) is 18.8 Å². The van der Waals surface area contributed by atoms with E-state index in [1.54, 1.807) is 19.1 Å². The zero-order valence-corrected chi connectivity index (χ0v) is 9.45. The molecule has 1 fully saturated rings. The van der Waals surface area contributed by atoms with Crippen molar-refractivity contribution >= 4 is 5.69 Å². The minimum absolute atomic E-state index is 0.223. The van der Waals surface area contributed by atoms with Gasteiger partial charge in [0.1, 0.15) is 5.82 Å². The quantitative estimate of drug-likeness (QED) is 0.830. The molecule has 0 aliphatic carbocycles. The highest BCUT2D eigenvalue weighted by Crippen LogP contribution is 2.22. The first kappa shape index (κ1) is 11.4. The van der Waals surface area contributed by atoms with E-state index in [9.17, 15) is 4.39 Å². The van der Waals surface area contributed by atoms with Gasteiger partial charge in [-0.3, -0.25) is 0 Å². The SMILES string of the molecule is C[C@H](N)c1ccc(N2CCOCC2)cc1F. The molecule has 0 unspecified atom stereocenters. The fraction of sp³-hybridized carbons (Fsp3) is 0.500. The van der Waals surface area contributed by atoms with Crippen LogP contribution in [0.3, 0.4) is 0 Å². The third-order valence-electron chi connectivity index (χ3n) is 2.85. The van der Waals surface area contributed by atoms with E-state index >= 15 is 0 Å². The molecular weight excluding hydrogens is 207 g/mol. The first-order valence-electron chi connectivity index (χ1n) is 5.56. The molecule has 1 atom stereocenters. The van der Waals surface area contributed by atoms with E-state index in [2.05, 4.69) is 4.90 Å². The summed E-state index contributed by atoms with van der Waals surface area (Å²) in [5, 5.41) is 0. The largest absolute Gasteiger partial charge is 0.378 e. The van der Waals surface area contributed by atoms with Crippen molar-refractivity contribution in [2.45, 2.75) is 13.0 Å². The lowest BCUT2D eigenvalue weighted by Crippen LogP contribution is -2.36. The van der Waals surface area contributed by atoms with Gasteiger partial charge in [-0.1, -0.05) is 6.07 Å². The van der Waals surface area contributed by atoms with Gasteiger partial charge in [0.2, 0.25) is 0 Å². The van der Waals surface area contributed by atoms with Crippen molar-refractivity contribution in [2.24, 2.45) is 5.73 Å². The van der Waals surface area contributed by atoms with Crippen molar-refractivity contribution in [2.75, 3.05) is 31.2 Å². The molecule has 0 radical (unpaired) electrons. The standard InChI is InChI=1S/C12H17FN2O/c1-9(14)11-3-2-10(8-12(11)13)15-4-6-16-7-5-15/h2-3,8-9H,4-7,14H2,1H3/t9-/m0/s1. The van der Waals surface area contributed by atoms with Gasteiger partial charge >= 0.3 is 0 Å². The Morgan fingerprint density at radius 3 is 2.62 bits per heavy atom. The summed E-state index contributed by atoms with van der Waals surface area (Å²) in [6.45, 7) is 4.83. The summed E-state index contributed by atoms with van der Waals surface area (Å²) in [4.78, 5) is 2.12. The molecule has 1 aliphatic heterocycles. The smallest absolute Gasteiger partial charge is 0.130 e. The lowest BCUT2D eigenvalue weighted by Gasteiger charge is -2.29. The van der Waals surface area contributed by atoms with Gasteiger partial charge in [-0.2, -0.15) is 0 Å². The van der Waals surface area contributed by atoms with Crippen LogP contribution in [-0.4, -0.2) is 26.3 Å². The summed E-state index contributed by atoms with van der Waals surface area (Å²) in [6.07, 6.45) is 0. The molecule has 1 aromatic rings. The van der Waals surface area contributed by atoms with Gasteiger partial charge in [0, 0.05) is 30.4 Å². The van der Waals surface area contributed by atoms with E-state index in [1.165, 1.54) is 0 Å². The van der Waals surface area contributed by atoms with Crippen LogP contribution in [0.5, 0.6) is 0 Å². The number of nitrogens with two attached hydrogens (primary N) is 1. The molecule has 0 spiro atoms. The number of morpholine rings is 1. The zero-order valence-electron chi connectivity index (χ0n) is 9.45. The molecule has 1 heterocycles. The Balaban J connectivity index is 2.19. The topological polar surface area (TPSA) is 38.5 Å². The number of benzene rings is 1. The third-order valence-corrected chi connectivity index (χ3v) is 2.85. The zero-order chi connectivity index (χ0) is 11.5. The second-order valence-corrected chi connectivity index (χ2v) is 4.09. The van der Waals surface area contributed by atoms with Gasteiger partial charge in [0.05, 0.1) is 13.2 Å². The predicted octanol–water partition coefficient (Wildman–Crippen LogP) is 1.68. The van der Waals surface area contributed by atoms with Crippen molar-refractivity contribution in [1.29, 1.82) is 0 Å². The fourth-order valence-corrected chi connectivity index (χ4v) is 1.90. The molecule has 16 heavy (non-hydrogen) atoms. The molecule has 4 heteroatoms. The van der Waals surface area contributed by atoms with Crippen LogP contribution in [0.25, 0.3) is 0 Å². The molecule has 1 aliphatic rings. The van der Waals surface area contributed by atoms with Crippen molar-refractivity contribution < 1.29 is 9.13 Å². The molecule has 3 nitrogen and oxygen atoms in total. The molecule has 1 saturated heterocycles. The number of anilines is 1. The Morgan fingerprint density at radius 2 is 2.06 bits per heavy atom. The summed E-state index contributed by atoms with van der Waals surface area (Å²) in [7, 11) is 0. The lowest BCUT2D eigenvalue weighted by molar-refractivity contribution is 0.122. The summed E-state index contributed by atoms with van der Waals surface area (Å²) < 4.78 is 19.0. The molecule has 88 valence electrons. The molecule has 1 aromatic carbocycles. The van der Waals surface area contributed by atoms with Crippen LogP contribution in [0.4, 0.5) is 10.1 Å². The number of ether oxygens (including phenoxy) is 1. The average molecular weight is 224 g/mol. The van der Waals surface area contributed by atoms with Crippen LogP contribution in [0.15, 0.2) is 18.2 Å². The maximum absolute atomic E-state index is 13.7. The normalized spacial score (nSPS) is 18.6. The van der Waals surface area contributed by atoms with E-state index in [0.717, 1.165) is 18.8 Å². The number of halogens is 1. The van der Waals surface area contributed by atoms with Crippen molar-refractivity contribution in [3.05, 3.63) is 29.6 Å². The first-order chi connectivity index (χ1) is 7.68. The average Bonchev–Trinajstić information content (AvgIpc) is 2.29. The van der Waals surface area contributed by atoms with Gasteiger partial charge in [0.25, 0.3) is 0 Å². The highest BCUT2D eigenvalue weighted by molar-refractivity contribution is 5.49. The van der Waals surface area contributed by atoms with Crippen LogP contribution < -0.4 is 10.6 Å². The minimum Gasteiger partial charge on any atom is -0.378 e. The van der Waals surface area contributed by atoms with E-state index in [4.69, 9.17) is 10.5 Å². The second kappa shape index (κ2) is 4.80. The van der Waals surface area contributed by atoms with E-state index < -0.39 is 0 Å². The highest BCUT2D eigenvalue weighted by Gasteiger charge is 2.14. The Kier molecular flexibility index (Phi) is 3.41. The van der Waals surface area contributed by atoms with Gasteiger partial charge in [0.15, 0.2) is 0 Å². The van der Waals surface area contributed by atoms with Gasteiger partial charge < -0.3 is 15.4 Å². The maximum Gasteiger partial charge on any atom is 0.130 e. The van der Waals surface area contributed by atoms with Gasteiger partial charge in [-0.25, -0.2) is 4.39 Å².